The van der Waals surface area contributed by atoms with E-state index in [4.69, 9.17) is 9.72 Å². The van der Waals surface area contributed by atoms with Gasteiger partial charge < -0.3 is 10.1 Å². The Morgan fingerprint density at radius 1 is 1.07 bits per heavy atom. The molecule has 0 aliphatic rings. The molecule has 2 heterocycles. The summed E-state index contributed by atoms with van der Waals surface area (Å²) >= 11 is 0. The molecule has 2 aromatic heterocycles. The van der Waals surface area contributed by atoms with Crippen LogP contribution in [0.1, 0.15) is 27.2 Å². The Balaban J connectivity index is 1.87. The van der Waals surface area contributed by atoms with Gasteiger partial charge in [-0.3, -0.25) is 9.48 Å². The average Bonchev–Trinajstić information content (AvgIpc) is 3.03. The molecule has 30 heavy (non-hydrogen) atoms. The lowest BCUT2D eigenvalue weighted by atomic mass is 10.0. The van der Waals surface area contributed by atoms with Crippen molar-refractivity contribution in [1.82, 2.24) is 14.8 Å². The number of rotatable bonds is 4. The lowest BCUT2D eigenvalue weighted by Crippen LogP contribution is -2.14. The number of hydrogen-bond acceptors (Lipinski definition) is 4. The van der Waals surface area contributed by atoms with Crippen LogP contribution in [-0.2, 0) is 7.05 Å². The van der Waals surface area contributed by atoms with Crippen LogP contribution >= 0.6 is 0 Å². The number of nitrogens with zero attached hydrogens (tertiary/aromatic N) is 3. The molecule has 0 atom stereocenters. The zero-order valence-electron chi connectivity index (χ0n) is 17.8. The first kappa shape index (κ1) is 19.6. The molecular weight excluding hydrogens is 376 g/mol. The van der Waals surface area contributed by atoms with Gasteiger partial charge in [0.25, 0.3) is 5.91 Å². The van der Waals surface area contributed by atoms with Gasteiger partial charge in [0.2, 0.25) is 0 Å². The Hall–Kier alpha value is -3.67. The van der Waals surface area contributed by atoms with Gasteiger partial charge in [0, 0.05) is 18.3 Å². The van der Waals surface area contributed by atoms with Gasteiger partial charge >= 0.3 is 0 Å². The molecule has 0 bridgehead atoms. The number of aryl methyl sites for hydroxylation is 4. The van der Waals surface area contributed by atoms with Gasteiger partial charge in [-0.2, -0.15) is 5.10 Å². The minimum absolute atomic E-state index is 0.184. The summed E-state index contributed by atoms with van der Waals surface area (Å²) in [6.07, 6.45) is 0. The van der Waals surface area contributed by atoms with Crippen molar-refractivity contribution in [2.75, 3.05) is 12.4 Å². The predicted molar refractivity (Wildman–Crippen MR) is 119 cm³/mol. The first-order chi connectivity index (χ1) is 14.4. The van der Waals surface area contributed by atoms with E-state index in [0.717, 1.165) is 39.2 Å². The molecule has 4 rings (SSSR count). The number of methoxy groups -OCH3 is 1. The Morgan fingerprint density at radius 3 is 2.63 bits per heavy atom. The molecule has 2 aromatic carbocycles. The Kier molecular flexibility index (Phi) is 4.99. The molecule has 0 saturated heterocycles. The van der Waals surface area contributed by atoms with E-state index < -0.39 is 0 Å². The summed E-state index contributed by atoms with van der Waals surface area (Å²) in [5.74, 6) is 0.549. The summed E-state index contributed by atoms with van der Waals surface area (Å²) in [4.78, 5) is 18.1. The van der Waals surface area contributed by atoms with Crippen molar-refractivity contribution < 1.29 is 9.53 Å². The van der Waals surface area contributed by atoms with Crippen LogP contribution in [0, 0.1) is 20.8 Å². The number of hydrogen-bond donors (Lipinski definition) is 1. The van der Waals surface area contributed by atoms with E-state index in [1.165, 1.54) is 0 Å². The van der Waals surface area contributed by atoms with E-state index in [1.807, 2.05) is 76.3 Å². The number of carbonyl (C=O) groups excluding carboxylic acids is 1. The van der Waals surface area contributed by atoms with Crippen LogP contribution in [0.15, 0.2) is 48.5 Å². The molecule has 0 aliphatic carbocycles. The third kappa shape index (κ3) is 3.52. The number of carbonyl (C=O) groups is 1. The minimum Gasteiger partial charge on any atom is -0.497 e. The zero-order valence-corrected chi connectivity index (χ0v) is 17.8. The number of amides is 1. The van der Waals surface area contributed by atoms with Crippen molar-refractivity contribution in [1.29, 1.82) is 0 Å². The Labute approximate surface area is 175 Å². The van der Waals surface area contributed by atoms with Gasteiger partial charge in [0.1, 0.15) is 5.75 Å². The van der Waals surface area contributed by atoms with Gasteiger partial charge in [-0.15, -0.1) is 0 Å². The van der Waals surface area contributed by atoms with E-state index in [0.29, 0.717) is 16.9 Å². The molecule has 6 nitrogen and oxygen atoms in total. The molecular formula is C24H24N4O2. The van der Waals surface area contributed by atoms with Crippen LogP contribution in [0.25, 0.3) is 22.3 Å². The highest BCUT2D eigenvalue weighted by atomic mass is 16.5. The van der Waals surface area contributed by atoms with Crippen LogP contribution in [0.2, 0.25) is 0 Å². The van der Waals surface area contributed by atoms with Crippen molar-refractivity contribution in [3.05, 3.63) is 70.9 Å². The fourth-order valence-corrected chi connectivity index (χ4v) is 3.61. The van der Waals surface area contributed by atoms with E-state index >= 15 is 0 Å². The van der Waals surface area contributed by atoms with E-state index in [2.05, 4.69) is 10.4 Å². The van der Waals surface area contributed by atoms with Gasteiger partial charge in [-0.05, 0) is 56.2 Å². The Bertz CT molecular complexity index is 1270. The van der Waals surface area contributed by atoms with Crippen molar-refractivity contribution in [3.8, 4) is 17.0 Å². The predicted octanol–water partition coefficient (Wildman–Crippen LogP) is 4.82. The number of fused-ring (bicyclic) bond motifs is 1. The SMILES string of the molecule is COc1cccc(-c2cc(C(=O)Nc3cc(C)ccc3C)c3c(C)nn(C)c3n2)c1. The fourth-order valence-electron chi connectivity index (χ4n) is 3.61. The molecule has 0 unspecified atom stereocenters. The first-order valence-corrected chi connectivity index (χ1v) is 9.74. The number of pyridine rings is 1. The molecule has 6 heteroatoms. The molecule has 152 valence electrons. The molecule has 1 amide bonds. The maximum Gasteiger partial charge on any atom is 0.256 e. The maximum atomic E-state index is 13.4. The number of benzene rings is 2. The standard InChI is InChI=1S/C24H24N4O2/c1-14-9-10-15(2)20(11-14)26-24(29)19-13-21(17-7-6-8-18(12-17)30-5)25-23-22(19)16(3)27-28(23)4/h6-13H,1-5H3,(H,26,29). The largest absolute Gasteiger partial charge is 0.497 e. The minimum atomic E-state index is -0.184. The van der Waals surface area contributed by atoms with Crippen molar-refractivity contribution in [3.63, 3.8) is 0 Å². The van der Waals surface area contributed by atoms with E-state index in [-0.39, 0.29) is 5.91 Å². The second-order valence-electron chi connectivity index (χ2n) is 7.47. The third-order valence-corrected chi connectivity index (χ3v) is 5.22. The van der Waals surface area contributed by atoms with E-state index in [9.17, 15) is 4.79 Å². The topological polar surface area (TPSA) is 69.0 Å². The molecule has 0 aliphatic heterocycles. The van der Waals surface area contributed by atoms with Crippen molar-refractivity contribution in [2.45, 2.75) is 20.8 Å². The second-order valence-corrected chi connectivity index (χ2v) is 7.47. The summed E-state index contributed by atoms with van der Waals surface area (Å²) in [7, 11) is 3.47. The monoisotopic (exact) mass is 400 g/mol. The van der Waals surface area contributed by atoms with Crippen LogP contribution < -0.4 is 10.1 Å². The first-order valence-electron chi connectivity index (χ1n) is 9.74. The smallest absolute Gasteiger partial charge is 0.256 e. The lowest BCUT2D eigenvalue weighted by Gasteiger charge is -2.12. The molecule has 4 aromatic rings. The summed E-state index contributed by atoms with van der Waals surface area (Å²) in [5, 5.41) is 8.32. The molecule has 0 radical (unpaired) electrons. The summed E-state index contributed by atoms with van der Waals surface area (Å²) < 4.78 is 7.06. The lowest BCUT2D eigenvalue weighted by molar-refractivity contribution is 0.102. The maximum absolute atomic E-state index is 13.4. The van der Waals surface area contributed by atoms with Gasteiger partial charge in [0.15, 0.2) is 5.65 Å². The normalized spacial score (nSPS) is 11.0. The quantitative estimate of drug-likeness (QED) is 0.533. The van der Waals surface area contributed by atoms with Crippen LogP contribution in [-0.4, -0.2) is 27.8 Å². The number of anilines is 1. The highest BCUT2D eigenvalue weighted by Gasteiger charge is 2.20. The molecule has 0 fully saturated rings. The van der Waals surface area contributed by atoms with Crippen LogP contribution in [0.5, 0.6) is 5.75 Å². The average molecular weight is 400 g/mol. The Morgan fingerprint density at radius 2 is 1.87 bits per heavy atom. The van der Waals surface area contributed by atoms with Gasteiger partial charge in [0.05, 0.1) is 29.4 Å². The second kappa shape index (κ2) is 7.63. The third-order valence-electron chi connectivity index (χ3n) is 5.22. The van der Waals surface area contributed by atoms with E-state index in [1.54, 1.807) is 11.8 Å². The number of ether oxygens (including phenoxy) is 1. The van der Waals surface area contributed by atoms with Crippen LogP contribution in [0.3, 0.4) is 0 Å². The molecule has 0 saturated carbocycles. The highest BCUT2D eigenvalue weighted by Crippen LogP contribution is 2.29. The fraction of sp³-hybridized carbons (Fsp3) is 0.208. The van der Waals surface area contributed by atoms with Crippen molar-refractivity contribution in [2.24, 2.45) is 7.05 Å². The summed E-state index contributed by atoms with van der Waals surface area (Å²) in [6.45, 7) is 5.88. The van der Waals surface area contributed by atoms with Crippen molar-refractivity contribution >= 4 is 22.6 Å². The summed E-state index contributed by atoms with van der Waals surface area (Å²) in [5.41, 5.74) is 6.44. The molecule has 1 N–H and O–H groups in total. The highest BCUT2D eigenvalue weighted by molar-refractivity contribution is 6.13. The van der Waals surface area contributed by atoms with Crippen LogP contribution in [0.4, 0.5) is 5.69 Å². The van der Waals surface area contributed by atoms with Gasteiger partial charge in [-0.25, -0.2) is 4.98 Å². The number of aromatic nitrogens is 3. The summed E-state index contributed by atoms with van der Waals surface area (Å²) in [6, 6.07) is 15.5. The zero-order chi connectivity index (χ0) is 21.4. The number of nitrogens with one attached hydrogen (secondary N) is 1. The molecule has 0 spiro atoms. The van der Waals surface area contributed by atoms with Gasteiger partial charge in [-0.1, -0.05) is 24.3 Å².